The molecule has 1 nitrogen and oxygen atoms in total. The van der Waals surface area contributed by atoms with Crippen molar-refractivity contribution in [1.82, 2.24) is 0 Å². The molecular formula is C13H22O. The third-order valence-corrected chi connectivity index (χ3v) is 3.13. The molecule has 0 heterocycles. The third kappa shape index (κ3) is 3.30. The molecule has 0 saturated carbocycles. The van der Waals surface area contributed by atoms with E-state index in [-0.39, 0.29) is 5.92 Å². The van der Waals surface area contributed by atoms with Crippen LogP contribution in [-0.4, -0.2) is 10.7 Å². The van der Waals surface area contributed by atoms with Gasteiger partial charge in [0.25, 0.3) is 0 Å². The van der Waals surface area contributed by atoms with E-state index in [2.05, 4.69) is 12.2 Å². The van der Waals surface area contributed by atoms with E-state index in [1.807, 2.05) is 26.8 Å². The minimum Gasteiger partial charge on any atom is -0.386 e. The molecule has 0 aromatic heterocycles. The first-order valence-electron chi connectivity index (χ1n) is 5.63. The molecule has 1 aliphatic rings. The summed E-state index contributed by atoms with van der Waals surface area (Å²) in [6, 6.07) is 0. The van der Waals surface area contributed by atoms with Gasteiger partial charge in [-0.15, -0.1) is 0 Å². The molecule has 1 rings (SSSR count). The highest BCUT2D eigenvalue weighted by Crippen LogP contribution is 2.22. The summed E-state index contributed by atoms with van der Waals surface area (Å²) in [5, 5.41) is 10.0. The van der Waals surface area contributed by atoms with Crippen LogP contribution in [0.5, 0.6) is 0 Å². The van der Waals surface area contributed by atoms with E-state index in [1.54, 1.807) is 0 Å². The molecule has 1 unspecified atom stereocenters. The molecule has 1 N–H and O–H groups in total. The van der Waals surface area contributed by atoms with E-state index >= 15 is 0 Å². The Labute approximate surface area is 87.5 Å². The lowest BCUT2D eigenvalue weighted by atomic mass is 9.90. The second-order valence-electron chi connectivity index (χ2n) is 4.74. The molecule has 0 bridgehead atoms. The Balaban J connectivity index is 2.58. The van der Waals surface area contributed by atoms with Crippen molar-refractivity contribution in [2.75, 3.05) is 0 Å². The lowest BCUT2D eigenvalue weighted by Crippen LogP contribution is -2.27. The molecule has 0 spiro atoms. The molecule has 1 atom stereocenters. The fourth-order valence-corrected chi connectivity index (χ4v) is 1.48. The Hall–Kier alpha value is -0.560. The van der Waals surface area contributed by atoms with Crippen LogP contribution in [0.25, 0.3) is 0 Å². The van der Waals surface area contributed by atoms with E-state index < -0.39 is 5.60 Å². The summed E-state index contributed by atoms with van der Waals surface area (Å²) in [6.45, 7) is 5.96. The summed E-state index contributed by atoms with van der Waals surface area (Å²) >= 11 is 0. The van der Waals surface area contributed by atoms with Crippen LogP contribution < -0.4 is 0 Å². The Morgan fingerprint density at radius 1 is 1.43 bits per heavy atom. The van der Waals surface area contributed by atoms with Gasteiger partial charge in [-0.25, -0.2) is 0 Å². The SMILES string of the molecule is CC(C)C(C)(O)/C=C/C1=CCCCC1. The maximum absolute atomic E-state index is 10.0. The zero-order chi connectivity index (χ0) is 10.6. The molecule has 1 heteroatoms. The van der Waals surface area contributed by atoms with Crippen LogP contribution in [0.1, 0.15) is 46.5 Å². The average Bonchev–Trinajstić information content (AvgIpc) is 2.16. The first-order valence-corrected chi connectivity index (χ1v) is 5.63. The molecule has 0 aromatic rings. The predicted molar refractivity (Wildman–Crippen MR) is 61.2 cm³/mol. The van der Waals surface area contributed by atoms with Crippen LogP contribution in [0.3, 0.4) is 0 Å². The molecule has 0 amide bonds. The molecule has 14 heavy (non-hydrogen) atoms. The van der Waals surface area contributed by atoms with Gasteiger partial charge in [0.1, 0.15) is 0 Å². The van der Waals surface area contributed by atoms with Gasteiger partial charge in [0.2, 0.25) is 0 Å². The van der Waals surface area contributed by atoms with Gasteiger partial charge >= 0.3 is 0 Å². The van der Waals surface area contributed by atoms with Crippen LogP contribution >= 0.6 is 0 Å². The van der Waals surface area contributed by atoms with Crippen molar-refractivity contribution in [2.45, 2.75) is 52.1 Å². The molecule has 1 aliphatic carbocycles. The third-order valence-electron chi connectivity index (χ3n) is 3.13. The first kappa shape index (κ1) is 11.5. The lowest BCUT2D eigenvalue weighted by molar-refractivity contribution is 0.0625. The molecule has 80 valence electrons. The lowest BCUT2D eigenvalue weighted by Gasteiger charge is -2.24. The molecule has 0 radical (unpaired) electrons. The smallest absolute Gasteiger partial charge is 0.0825 e. The summed E-state index contributed by atoms with van der Waals surface area (Å²) in [6.07, 6.45) is 11.3. The highest BCUT2D eigenvalue weighted by Gasteiger charge is 2.20. The molecule has 0 aliphatic heterocycles. The van der Waals surface area contributed by atoms with Crippen LogP contribution in [0.2, 0.25) is 0 Å². The van der Waals surface area contributed by atoms with Crippen molar-refractivity contribution in [3.05, 3.63) is 23.8 Å². The van der Waals surface area contributed by atoms with E-state index in [0.29, 0.717) is 0 Å². The van der Waals surface area contributed by atoms with E-state index in [1.165, 1.54) is 31.3 Å². The Bertz CT molecular complexity index is 234. The monoisotopic (exact) mass is 194 g/mol. The number of hydrogen-bond donors (Lipinski definition) is 1. The summed E-state index contributed by atoms with van der Waals surface area (Å²) in [7, 11) is 0. The Morgan fingerprint density at radius 2 is 2.14 bits per heavy atom. The summed E-state index contributed by atoms with van der Waals surface area (Å²) in [5.41, 5.74) is 0.718. The van der Waals surface area contributed by atoms with Crippen LogP contribution in [0.15, 0.2) is 23.8 Å². The van der Waals surface area contributed by atoms with Gasteiger partial charge in [-0.3, -0.25) is 0 Å². The number of rotatable bonds is 3. The largest absolute Gasteiger partial charge is 0.386 e. The van der Waals surface area contributed by atoms with Crippen molar-refractivity contribution in [3.8, 4) is 0 Å². The minimum absolute atomic E-state index is 0.267. The van der Waals surface area contributed by atoms with Gasteiger partial charge in [0.15, 0.2) is 0 Å². The standard InChI is InChI=1S/C13H22O/c1-11(2)13(3,14)10-9-12-7-5-4-6-8-12/h7,9-11,14H,4-6,8H2,1-3H3/b10-9+. The number of aliphatic hydroxyl groups is 1. The molecule has 0 saturated heterocycles. The van der Waals surface area contributed by atoms with Gasteiger partial charge in [-0.05, 0) is 38.5 Å². The zero-order valence-corrected chi connectivity index (χ0v) is 9.59. The highest BCUT2D eigenvalue weighted by molar-refractivity contribution is 5.22. The Morgan fingerprint density at radius 3 is 2.64 bits per heavy atom. The second-order valence-corrected chi connectivity index (χ2v) is 4.74. The van der Waals surface area contributed by atoms with Crippen molar-refractivity contribution < 1.29 is 5.11 Å². The zero-order valence-electron chi connectivity index (χ0n) is 9.59. The summed E-state index contributed by atoms with van der Waals surface area (Å²) < 4.78 is 0. The number of hydrogen-bond acceptors (Lipinski definition) is 1. The van der Waals surface area contributed by atoms with E-state index in [9.17, 15) is 5.11 Å². The van der Waals surface area contributed by atoms with Crippen molar-refractivity contribution in [2.24, 2.45) is 5.92 Å². The van der Waals surface area contributed by atoms with Gasteiger partial charge in [0.05, 0.1) is 5.60 Å². The van der Waals surface area contributed by atoms with Crippen molar-refractivity contribution in [1.29, 1.82) is 0 Å². The van der Waals surface area contributed by atoms with Crippen LogP contribution in [-0.2, 0) is 0 Å². The van der Waals surface area contributed by atoms with Crippen molar-refractivity contribution >= 4 is 0 Å². The predicted octanol–water partition coefficient (Wildman–Crippen LogP) is 3.45. The van der Waals surface area contributed by atoms with E-state index in [0.717, 1.165) is 0 Å². The van der Waals surface area contributed by atoms with E-state index in [4.69, 9.17) is 0 Å². The highest BCUT2D eigenvalue weighted by atomic mass is 16.3. The minimum atomic E-state index is -0.668. The van der Waals surface area contributed by atoms with Crippen LogP contribution in [0, 0.1) is 5.92 Å². The fourth-order valence-electron chi connectivity index (χ4n) is 1.48. The van der Waals surface area contributed by atoms with Crippen LogP contribution in [0.4, 0.5) is 0 Å². The average molecular weight is 194 g/mol. The first-order chi connectivity index (χ1) is 6.52. The number of allylic oxidation sites excluding steroid dienone is 3. The summed E-state index contributed by atoms with van der Waals surface area (Å²) in [5.74, 6) is 0.267. The fraction of sp³-hybridized carbons (Fsp3) is 0.692. The van der Waals surface area contributed by atoms with Gasteiger partial charge in [-0.2, -0.15) is 0 Å². The molecular weight excluding hydrogens is 172 g/mol. The van der Waals surface area contributed by atoms with Crippen molar-refractivity contribution in [3.63, 3.8) is 0 Å². The van der Waals surface area contributed by atoms with Gasteiger partial charge in [-0.1, -0.05) is 37.6 Å². The molecule has 0 fully saturated rings. The topological polar surface area (TPSA) is 20.2 Å². The maximum Gasteiger partial charge on any atom is 0.0825 e. The second kappa shape index (κ2) is 4.79. The van der Waals surface area contributed by atoms with Gasteiger partial charge < -0.3 is 5.11 Å². The summed E-state index contributed by atoms with van der Waals surface area (Å²) in [4.78, 5) is 0. The molecule has 0 aromatic carbocycles. The quantitative estimate of drug-likeness (QED) is 0.729. The Kier molecular flexibility index (Phi) is 3.94. The van der Waals surface area contributed by atoms with Gasteiger partial charge in [0, 0.05) is 0 Å². The normalized spacial score (nSPS) is 22.5. The maximum atomic E-state index is 10.0.